The van der Waals surface area contributed by atoms with Crippen LogP contribution in [0.15, 0.2) is 58.1 Å². The number of esters is 2. The third-order valence-electron chi connectivity index (χ3n) is 5.75. The predicted octanol–water partition coefficient (Wildman–Crippen LogP) is 2.83. The molecular weight excluding hydrogens is 503 g/mol. The molecule has 0 aromatic heterocycles. The first kappa shape index (κ1) is 26.0. The number of methoxy groups -OCH3 is 2. The molecule has 1 aliphatic heterocycles. The number of anilines is 2. The van der Waals surface area contributed by atoms with Crippen LogP contribution in [0.4, 0.5) is 11.4 Å². The number of hydrogen-bond donors (Lipinski definition) is 1. The highest BCUT2D eigenvalue weighted by Crippen LogP contribution is 2.49. The first-order valence-electron chi connectivity index (χ1n) is 11.4. The zero-order valence-electron chi connectivity index (χ0n) is 20.2. The van der Waals surface area contributed by atoms with Gasteiger partial charge >= 0.3 is 19.5 Å². The van der Waals surface area contributed by atoms with Crippen molar-refractivity contribution in [3.8, 4) is 11.5 Å². The fourth-order valence-corrected chi connectivity index (χ4v) is 5.51. The van der Waals surface area contributed by atoms with E-state index in [4.69, 9.17) is 18.5 Å². The molecule has 1 N–H and O–H groups in total. The highest BCUT2D eigenvalue weighted by atomic mass is 31.2. The Kier molecular flexibility index (Phi) is 7.63. The van der Waals surface area contributed by atoms with Crippen LogP contribution in [0.2, 0.25) is 0 Å². The Morgan fingerprint density at radius 3 is 2.03 bits per heavy atom. The van der Waals surface area contributed by atoms with Gasteiger partial charge < -0.3 is 28.7 Å². The van der Waals surface area contributed by atoms with Gasteiger partial charge in [0.2, 0.25) is 0 Å². The van der Waals surface area contributed by atoms with Crippen molar-refractivity contribution in [1.29, 1.82) is 0 Å². The second-order valence-corrected chi connectivity index (χ2v) is 10.2. The molecule has 0 atom stereocenters. The van der Waals surface area contributed by atoms with Crippen LogP contribution in [0.3, 0.4) is 0 Å². The molecule has 0 unspecified atom stereocenters. The summed E-state index contributed by atoms with van der Waals surface area (Å²) in [5, 5.41) is 2.96. The molecule has 11 nitrogen and oxygen atoms in total. The summed E-state index contributed by atoms with van der Waals surface area (Å²) in [6.07, 6.45) is 0.484. The molecule has 0 amide bonds. The third kappa shape index (κ3) is 5.67. The molecular formula is C25H25N2O9P. The molecule has 0 radical (unpaired) electrons. The average Bonchev–Trinajstić information content (AvgIpc) is 3.11. The lowest BCUT2D eigenvalue weighted by atomic mass is 10.2. The maximum absolute atomic E-state index is 14.0. The number of ether oxygens (including phenoxy) is 2. The van der Waals surface area contributed by atoms with Crippen molar-refractivity contribution in [3.63, 3.8) is 0 Å². The zero-order valence-corrected chi connectivity index (χ0v) is 21.1. The standard InChI is InChI=1S/C25H25N2O9P/c1-33-24(30)16-6-3-8-18(14-16)35-37(32,36-19-9-4-7-17(15-19)25(31)34-2)13-12-27-11-5-10-26-20-21(27)23(29)22(20)28/h3-4,6-9,14-15,26H,5,10-13H2,1-2H3. The summed E-state index contributed by atoms with van der Waals surface area (Å²) in [6, 6.07) is 11.9. The van der Waals surface area contributed by atoms with E-state index in [9.17, 15) is 23.7 Å². The second kappa shape index (κ2) is 10.9. The first-order chi connectivity index (χ1) is 17.7. The number of benzene rings is 2. The average molecular weight is 528 g/mol. The fraction of sp³-hybridized carbons (Fsp3) is 0.280. The van der Waals surface area contributed by atoms with Gasteiger partial charge in [0.05, 0.1) is 31.5 Å². The SMILES string of the molecule is COC(=O)c1cccc(OP(=O)(CCN2CCCNc3c2c(=O)c3=O)Oc2cccc(C(=O)OC)c2)c1. The number of nitrogens with one attached hydrogen (secondary N) is 1. The van der Waals surface area contributed by atoms with Gasteiger partial charge in [0, 0.05) is 19.6 Å². The highest BCUT2D eigenvalue weighted by molar-refractivity contribution is 7.54. The molecule has 0 aliphatic carbocycles. The van der Waals surface area contributed by atoms with Crippen molar-refractivity contribution < 1.29 is 32.7 Å². The Labute approximate surface area is 212 Å². The largest absolute Gasteiger partial charge is 0.465 e. The topological polar surface area (TPSA) is 138 Å². The van der Waals surface area contributed by atoms with Gasteiger partial charge in [0.15, 0.2) is 0 Å². The van der Waals surface area contributed by atoms with E-state index in [0.29, 0.717) is 19.5 Å². The van der Waals surface area contributed by atoms with E-state index >= 15 is 0 Å². The minimum absolute atomic E-state index is 0.0875. The minimum atomic E-state index is -4.00. The Balaban J connectivity index is 1.62. The summed E-state index contributed by atoms with van der Waals surface area (Å²) >= 11 is 0. The van der Waals surface area contributed by atoms with Gasteiger partial charge in [-0.2, -0.15) is 0 Å². The van der Waals surface area contributed by atoms with Gasteiger partial charge in [-0.25, -0.2) is 14.2 Å². The van der Waals surface area contributed by atoms with Gasteiger partial charge in [-0.05, 0) is 42.8 Å². The monoisotopic (exact) mass is 528 g/mol. The molecule has 0 bridgehead atoms. The first-order valence-corrected chi connectivity index (χ1v) is 13.1. The molecule has 4 rings (SSSR count). The van der Waals surface area contributed by atoms with E-state index in [1.807, 2.05) is 0 Å². The van der Waals surface area contributed by atoms with Gasteiger partial charge in [-0.3, -0.25) is 9.59 Å². The Hall–Kier alpha value is -4.11. The van der Waals surface area contributed by atoms with Crippen molar-refractivity contribution in [2.75, 3.05) is 50.2 Å². The summed E-state index contributed by atoms with van der Waals surface area (Å²) in [5.41, 5.74) is -0.281. The third-order valence-corrected chi connectivity index (χ3v) is 7.48. The van der Waals surface area contributed by atoms with Gasteiger partial charge in [-0.1, -0.05) is 12.1 Å². The molecule has 0 spiro atoms. The number of nitrogens with zero attached hydrogens (tertiary/aromatic N) is 1. The van der Waals surface area contributed by atoms with Crippen molar-refractivity contribution in [3.05, 3.63) is 80.1 Å². The van der Waals surface area contributed by atoms with Gasteiger partial charge in [-0.15, -0.1) is 0 Å². The van der Waals surface area contributed by atoms with Crippen LogP contribution < -0.4 is 30.1 Å². The van der Waals surface area contributed by atoms with Crippen LogP contribution in [-0.4, -0.2) is 52.0 Å². The fourth-order valence-electron chi connectivity index (χ4n) is 3.93. The summed E-state index contributed by atoms with van der Waals surface area (Å²) < 4.78 is 35.1. The molecule has 1 heterocycles. The van der Waals surface area contributed by atoms with Crippen molar-refractivity contribution >= 4 is 30.9 Å². The summed E-state index contributed by atoms with van der Waals surface area (Å²) in [7, 11) is -1.52. The summed E-state index contributed by atoms with van der Waals surface area (Å²) in [5.74, 6) is -1.00. The van der Waals surface area contributed by atoms with Crippen molar-refractivity contribution in [2.24, 2.45) is 0 Å². The Bertz CT molecular complexity index is 1380. The lowest BCUT2D eigenvalue weighted by Gasteiger charge is -2.27. The lowest BCUT2D eigenvalue weighted by molar-refractivity contribution is 0.0591. The Morgan fingerprint density at radius 2 is 1.49 bits per heavy atom. The molecule has 3 aromatic rings. The smallest absolute Gasteiger partial charge is 0.432 e. The van der Waals surface area contributed by atoms with Crippen LogP contribution in [-0.2, 0) is 14.0 Å². The van der Waals surface area contributed by atoms with Crippen molar-refractivity contribution in [1.82, 2.24) is 0 Å². The normalized spacial score (nSPS) is 13.2. The van der Waals surface area contributed by atoms with Crippen LogP contribution in [0.1, 0.15) is 27.1 Å². The minimum Gasteiger partial charge on any atom is -0.465 e. The van der Waals surface area contributed by atoms with E-state index in [2.05, 4.69) is 5.32 Å². The van der Waals surface area contributed by atoms with Crippen LogP contribution in [0, 0.1) is 0 Å². The Morgan fingerprint density at radius 1 is 0.919 bits per heavy atom. The van der Waals surface area contributed by atoms with Crippen molar-refractivity contribution in [2.45, 2.75) is 6.42 Å². The number of rotatable bonds is 9. The van der Waals surface area contributed by atoms with E-state index in [0.717, 1.165) is 0 Å². The molecule has 0 saturated carbocycles. The van der Waals surface area contributed by atoms with Crippen LogP contribution in [0.5, 0.6) is 11.5 Å². The summed E-state index contributed by atoms with van der Waals surface area (Å²) in [6.45, 7) is 1.07. The number of hydrogen-bond acceptors (Lipinski definition) is 11. The molecule has 37 heavy (non-hydrogen) atoms. The highest BCUT2D eigenvalue weighted by Gasteiger charge is 2.33. The van der Waals surface area contributed by atoms with Gasteiger partial charge in [0.1, 0.15) is 22.9 Å². The van der Waals surface area contributed by atoms with E-state index in [1.165, 1.54) is 50.6 Å². The molecule has 1 aliphatic rings. The molecule has 0 saturated heterocycles. The van der Waals surface area contributed by atoms with Crippen LogP contribution in [0.25, 0.3) is 0 Å². The lowest BCUT2D eigenvalue weighted by Crippen LogP contribution is -2.42. The zero-order chi connectivity index (χ0) is 26.6. The number of carbonyl (C=O) groups is 2. The van der Waals surface area contributed by atoms with Gasteiger partial charge in [0.25, 0.3) is 10.9 Å². The predicted molar refractivity (Wildman–Crippen MR) is 136 cm³/mol. The molecule has 194 valence electrons. The quantitative estimate of drug-likeness (QED) is 0.249. The number of fused-ring (bicyclic) bond motifs is 1. The maximum atomic E-state index is 14.0. The molecule has 3 aromatic carbocycles. The molecule has 12 heteroatoms. The van der Waals surface area contributed by atoms with E-state index in [-0.39, 0.29) is 46.7 Å². The van der Waals surface area contributed by atoms with E-state index < -0.39 is 30.4 Å². The second-order valence-electron chi connectivity index (χ2n) is 8.21. The maximum Gasteiger partial charge on any atom is 0.432 e. The summed E-state index contributed by atoms with van der Waals surface area (Å²) in [4.78, 5) is 49.7. The van der Waals surface area contributed by atoms with Crippen LogP contribution >= 0.6 is 7.60 Å². The number of carbonyl (C=O) groups excluding carboxylic acids is 2. The van der Waals surface area contributed by atoms with E-state index in [1.54, 1.807) is 17.0 Å². The molecule has 0 fully saturated rings.